The molecule has 0 saturated carbocycles. The molecular formula is C27H33NO6. The second-order valence-corrected chi connectivity index (χ2v) is 8.13. The molecule has 1 amide bonds. The van der Waals surface area contributed by atoms with Gasteiger partial charge in [-0.25, -0.2) is 0 Å². The van der Waals surface area contributed by atoms with E-state index in [0.717, 1.165) is 19.3 Å². The van der Waals surface area contributed by atoms with Crippen molar-refractivity contribution >= 4 is 17.4 Å². The number of unbranched alkanes of at least 4 members (excludes halogenated alkanes) is 1. The van der Waals surface area contributed by atoms with Gasteiger partial charge in [0.25, 0.3) is 11.7 Å². The van der Waals surface area contributed by atoms with Crippen LogP contribution in [0.4, 0.5) is 0 Å². The number of methoxy groups -OCH3 is 1. The maximum atomic E-state index is 13.1. The number of aliphatic hydroxyl groups is 1. The molecule has 1 fully saturated rings. The highest BCUT2D eigenvalue weighted by atomic mass is 16.5. The maximum absolute atomic E-state index is 13.1. The minimum atomic E-state index is -0.736. The molecule has 2 aromatic carbocycles. The average Bonchev–Trinajstić information content (AvgIpc) is 3.11. The molecule has 1 aliphatic heterocycles. The summed E-state index contributed by atoms with van der Waals surface area (Å²) in [6.07, 6.45) is 2.81. The lowest BCUT2D eigenvalue weighted by Crippen LogP contribution is -2.32. The summed E-state index contributed by atoms with van der Waals surface area (Å²) in [5, 5.41) is 11.2. The lowest BCUT2D eigenvalue weighted by molar-refractivity contribution is -0.140. The Hall–Kier alpha value is -3.32. The molecule has 0 aliphatic carbocycles. The van der Waals surface area contributed by atoms with Crippen molar-refractivity contribution in [3.8, 4) is 11.5 Å². The van der Waals surface area contributed by atoms with Crippen molar-refractivity contribution in [3.05, 3.63) is 65.2 Å². The third-order valence-electron chi connectivity index (χ3n) is 5.62. The van der Waals surface area contributed by atoms with Crippen molar-refractivity contribution in [2.45, 2.75) is 39.2 Å². The number of benzene rings is 2. The summed E-state index contributed by atoms with van der Waals surface area (Å²) in [4.78, 5) is 27.4. The molecule has 34 heavy (non-hydrogen) atoms. The number of aliphatic hydroxyl groups excluding tert-OH is 1. The largest absolute Gasteiger partial charge is 0.507 e. The number of rotatable bonds is 12. The Balaban J connectivity index is 2.02. The van der Waals surface area contributed by atoms with E-state index >= 15 is 0 Å². The Bertz CT molecular complexity index is 1010. The van der Waals surface area contributed by atoms with Gasteiger partial charge in [0.2, 0.25) is 0 Å². The average molecular weight is 468 g/mol. The first-order chi connectivity index (χ1) is 16.5. The van der Waals surface area contributed by atoms with Crippen molar-refractivity contribution in [2.24, 2.45) is 0 Å². The first-order valence-corrected chi connectivity index (χ1v) is 11.7. The Morgan fingerprint density at radius 1 is 0.941 bits per heavy atom. The Kier molecular flexibility index (Phi) is 9.10. The summed E-state index contributed by atoms with van der Waals surface area (Å²) in [6.45, 7) is 5.76. The third-order valence-corrected chi connectivity index (χ3v) is 5.62. The van der Waals surface area contributed by atoms with Gasteiger partial charge < -0.3 is 24.2 Å². The van der Waals surface area contributed by atoms with Crippen molar-refractivity contribution in [1.29, 1.82) is 0 Å². The highest BCUT2D eigenvalue weighted by Gasteiger charge is 2.45. The summed E-state index contributed by atoms with van der Waals surface area (Å²) in [6, 6.07) is 13.5. The van der Waals surface area contributed by atoms with Crippen LogP contribution < -0.4 is 9.47 Å². The van der Waals surface area contributed by atoms with Crippen LogP contribution >= 0.6 is 0 Å². The smallest absolute Gasteiger partial charge is 0.295 e. The van der Waals surface area contributed by atoms with Crippen LogP contribution in [0.2, 0.25) is 0 Å². The highest BCUT2D eigenvalue weighted by Crippen LogP contribution is 2.40. The van der Waals surface area contributed by atoms with Gasteiger partial charge in [0, 0.05) is 19.2 Å². The van der Waals surface area contributed by atoms with Crippen LogP contribution in [0.25, 0.3) is 5.76 Å². The Morgan fingerprint density at radius 2 is 1.68 bits per heavy atom. The minimum Gasteiger partial charge on any atom is -0.507 e. The van der Waals surface area contributed by atoms with E-state index in [4.69, 9.17) is 14.2 Å². The van der Waals surface area contributed by atoms with Gasteiger partial charge in [-0.1, -0.05) is 44.5 Å². The summed E-state index contributed by atoms with van der Waals surface area (Å²) < 4.78 is 16.6. The fourth-order valence-electron chi connectivity index (χ4n) is 3.84. The molecule has 1 heterocycles. The van der Waals surface area contributed by atoms with Gasteiger partial charge in [-0.3, -0.25) is 9.59 Å². The predicted octanol–water partition coefficient (Wildman–Crippen LogP) is 4.72. The third kappa shape index (κ3) is 5.78. The van der Waals surface area contributed by atoms with E-state index in [-0.39, 0.29) is 24.5 Å². The van der Waals surface area contributed by atoms with E-state index in [1.54, 1.807) is 24.3 Å². The number of ketones is 1. The summed E-state index contributed by atoms with van der Waals surface area (Å²) in [7, 11) is 1.54. The summed E-state index contributed by atoms with van der Waals surface area (Å²) in [5.74, 6) is -0.306. The fraction of sp³-hybridized carbons (Fsp3) is 0.407. The second kappa shape index (κ2) is 12.2. The molecule has 1 N–H and O–H groups in total. The number of Topliss-reactive ketones (excluding diaryl/α,β-unsaturated/α-hetero) is 1. The monoisotopic (exact) mass is 467 g/mol. The van der Waals surface area contributed by atoms with Gasteiger partial charge in [0.15, 0.2) is 0 Å². The van der Waals surface area contributed by atoms with Crippen molar-refractivity contribution in [2.75, 3.05) is 33.5 Å². The molecule has 0 aromatic heterocycles. The first kappa shape index (κ1) is 25.3. The van der Waals surface area contributed by atoms with Crippen molar-refractivity contribution in [3.63, 3.8) is 0 Å². The van der Waals surface area contributed by atoms with Crippen LogP contribution in [-0.2, 0) is 14.3 Å². The number of amides is 1. The van der Waals surface area contributed by atoms with Crippen molar-refractivity contribution in [1.82, 2.24) is 4.90 Å². The van der Waals surface area contributed by atoms with Crippen LogP contribution in [0.1, 0.15) is 50.3 Å². The fourth-order valence-corrected chi connectivity index (χ4v) is 3.84. The molecule has 7 nitrogen and oxygen atoms in total. The quantitative estimate of drug-likeness (QED) is 0.210. The van der Waals surface area contributed by atoms with Gasteiger partial charge in [0.1, 0.15) is 17.3 Å². The second-order valence-electron chi connectivity index (χ2n) is 8.13. The maximum Gasteiger partial charge on any atom is 0.295 e. The van der Waals surface area contributed by atoms with Gasteiger partial charge in [-0.2, -0.15) is 0 Å². The van der Waals surface area contributed by atoms with E-state index in [1.807, 2.05) is 31.2 Å². The van der Waals surface area contributed by atoms with Gasteiger partial charge >= 0.3 is 0 Å². The Labute approximate surface area is 200 Å². The number of likely N-dealkylation sites (tertiary alicyclic amines) is 1. The molecule has 1 atom stereocenters. The van der Waals surface area contributed by atoms with Gasteiger partial charge in [-0.15, -0.1) is 0 Å². The molecule has 0 radical (unpaired) electrons. The highest BCUT2D eigenvalue weighted by molar-refractivity contribution is 6.46. The van der Waals surface area contributed by atoms with Crippen molar-refractivity contribution < 1.29 is 28.9 Å². The summed E-state index contributed by atoms with van der Waals surface area (Å²) in [5.41, 5.74) is 1.18. The molecule has 1 saturated heterocycles. The molecule has 0 spiro atoms. The molecule has 0 bridgehead atoms. The van der Waals surface area contributed by atoms with Crippen LogP contribution in [0.3, 0.4) is 0 Å². The SMILES string of the molecule is CCCCOc1cccc(C(O)=C2C(=O)C(=O)N(CCOC)C2c2ccc(OCCC)cc2)c1. The van der Waals surface area contributed by atoms with Gasteiger partial charge in [-0.05, 0) is 42.7 Å². The number of carbonyl (C=O) groups is 2. The predicted molar refractivity (Wildman–Crippen MR) is 130 cm³/mol. The molecule has 1 aliphatic rings. The Morgan fingerprint density at radius 3 is 2.35 bits per heavy atom. The lowest BCUT2D eigenvalue weighted by Gasteiger charge is -2.25. The van der Waals surface area contributed by atoms with Crippen LogP contribution in [-0.4, -0.2) is 55.2 Å². The van der Waals surface area contributed by atoms with E-state index < -0.39 is 17.7 Å². The topological polar surface area (TPSA) is 85.3 Å². The summed E-state index contributed by atoms with van der Waals surface area (Å²) >= 11 is 0. The molecule has 2 aromatic rings. The lowest BCUT2D eigenvalue weighted by atomic mass is 9.95. The molecule has 1 unspecified atom stereocenters. The van der Waals surface area contributed by atoms with E-state index in [2.05, 4.69) is 6.92 Å². The number of hydrogen-bond acceptors (Lipinski definition) is 6. The number of ether oxygens (including phenoxy) is 3. The van der Waals surface area contributed by atoms with Crippen LogP contribution in [0.15, 0.2) is 54.1 Å². The molecule has 3 rings (SSSR count). The number of nitrogens with zero attached hydrogens (tertiary/aromatic N) is 1. The zero-order valence-electron chi connectivity index (χ0n) is 20.1. The first-order valence-electron chi connectivity index (χ1n) is 11.7. The molecular weight excluding hydrogens is 434 g/mol. The number of hydrogen-bond donors (Lipinski definition) is 1. The zero-order chi connectivity index (χ0) is 24.5. The van der Waals surface area contributed by atoms with E-state index in [1.165, 1.54) is 12.0 Å². The minimum absolute atomic E-state index is 0.0500. The standard InChI is InChI=1S/C27H33NO6/c1-4-6-16-34-22-9-7-8-20(18-22)25(29)23-24(28(14-17-32-3)27(31)26(23)30)19-10-12-21(13-11-19)33-15-5-2/h7-13,18,24,29H,4-6,14-17H2,1-3H3. The number of carbonyl (C=O) groups excluding carboxylic acids is 2. The van der Waals surface area contributed by atoms with E-state index in [9.17, 15) is 14.7 Å². The normalized spacial score (nSPS) is 17.3. The van der Waals surface area contributed by atoms with Crippen LogP contribution in [0.5, 0.6) is 11.5 Å². The molecule has 7 heteroatoms. The van der Waals surface area contributed by atoms with Gasteiger partial charge in [0.05, 0.1) is 31.4 Å². The van der Waals surface area contributed by atoms with Crippen LogP contribution in [0, 0.1) is 0 Å². The van der Waals surface area contributed by atoms with E-state index in [0.29, 0.717) is 35.8 Å². The zero-order valence-corrected chi connectivity index (χ0v) is 20.1. The molecule has 182 valence electrons.